The summed E-state index contributed by atoms with van der Waals surface area (Å²) in [7, 11) is 0. The van der Waals surface area contributed by atoms with E-state index in [4.69, 9.17) is 5.73 Å². The summed E-state index contributed by atoms with van der Waals surface area (Å²) in [6.45, 7) is 6.74. The van der Waals surface area contributed by atoms with Gasteiger partial charge in [-0.3, -0.25) is 4.98 Å². The fourth-order valence-electron chi connectivity index (χ4n) is 5.99. The molecule has 0 amide bonds. The number of hydrogen-bond acceptors (Lipinski definition) is 8. The molecule has 0 spiro atoms. The number of nitrogens with zero attached hydrogens (tertiary/aromatic N) is 7. The molecule has 196 valence electrons. The molecular formula is C29H35N9. The van der Waals surface area contributed by atoms with E-state index in [2.05, 4.69) is 73.6 Å². The van der Waals surface area contributed by atoms with Crippen LogP contribution in [0.5, 0.6) is 0 Å². The maximum absolute atomic E-state index is 6.28. The lowest BCUT2D eigenvalue weighted by Gasteiger charge is -2.28. The summed E-state index contributed by atoms with van der Waals surface area (Å²) >= 11 is 0. The second-order valence-corrected chi connectivity index (χ2v) is 10.2. The van der Waals surface area contributed by atoms with Crippen molar-refractivity contribution < 1.29 is 0 Å². The molecule has 0 saturated carbocycles. The lowest BCUT2D eigenvalue weighted by molar-refractivity contribution is 0.199. The second-order valence-electron chi connectivity index (χ2n) is 10.2. The van der Waals surface area contributed by atoms with Crippen molar-refractivity contribution in [3.8, 4) is 17.1 Å². The van der Waals surface area contributed by atoms with Crippen molar-refractivity contribution in [1.82, 2.24) is 34.8 Å². The van der Waals surface area contributed by atoms with Gasteiger partial charge in [0.1, 0.15) is 0 Å². The standard InChI is InChI=1S/C29H35N9/c1-3-37(4-2)23-14-11-19-10-13-22(17-20(19)12-15-23)32-29-33-28(30)38(36-29)26-18-21-7-5-9-25-24(8-6-16-31-25)27(21)35-34-26/h6,8,10,13,16-18,23H,3-5,7,9,11-12,14-15H2,1-2H3,(H3,30,32,33,36)/t23-/m1/s1. The van der Waals surface area contributed by atoms with Gasteiger partial charge in [0.2, 0.25) is 11.9 Å². The van der Waals surface area contributed by atoms with Gasteiger partial charge in [-0.2, -0.15) is 9.67 Å². The normalized spacial score (nSPS) is 16.8. The molecular weight excluding hydrogens is 474 g/mol. The number of hydrogen-bond donors (Lipinski definition) is 2. The van der Waals surface area contributed by atoms with E-state index in [0.717, 1.165) is 73.4 Å². The average Bonchev–Trinajstić information content (AvgIpc) is 3.08. The monoisotopic (exact) mass is 509 g/mol. The van der Waals surface area contributed by atoms with Gasteiger partial charge >= 0.3 is 0 Å². The maximum atomic E-state index is 6.28. The van der Waals surface area contributed by atoms with Gasteiger partial charge in [-0.1, -0.05) is 19.9 Å². The summed E-state index contributed by atoms with van der Waals surface area (Å²) in [4.78, 5) is 11.6. The van der Waals surface area contributed by atoms with Gasteiger partial charge < -0.3 is 16.0 Å². The number of benzene rings is 1. The van der Waals surface area contributed by atoms with Crippen LogP contribution in [0.1, 0.15) is 55.5 Å². The van der Waals surface area contributed by atoms with Crippen LogP contribution in [-0.4, -0.2) is 54.0 Å². The van der Waals surface area contributed by atoms with Gasteiger partial charge in [0.05, 0.1) is 5.69 Å². The molecule has 0 radical (unpaired) electrons. The van der Waals surface area contributed by atoms with E-state index in [1.807, 2.05) is 18.3 Å². The number of aryl methyl sites for hydroxylation is 4. The van der Waals surface area contributed by atoms with Gasteiger partial charge in [-0.15, -0.1) is 15.3 Å². The highest BCUT2D eigenvalue weighted by molar-refractivity contribution is 5.67. The fourth-order valence-corrected chi connectivity index (χ4v) is 5.99. The van der Waals surface area contributed by atoms with E-state index in [1.165, 1.54) is 24.0 Å². The van der Waals surface area contributed by atoms with Crippen LogP contribution >= 0.6 is 0 Å². The quantitative estimate of drug-likeness (QED) is 0.365. The SMILES string of the molecule is CCN(CC)[C@@H]1CCc2ccc(Nc3nc(N)n(-c4cc5c(nn4)-c4cccnc4CCC5)n3)cc2CC1. The molecule has 3 N–H and O–H groups in total. The van der Waals surface area contributed by atoms with E-state index < -0.39 is 0 Å². The first-order valence-corrected chi connectivity index (χ1v) is 13.8. The van der Waals surface area contributed by atoms with E-state index in [1.54, 1.807) is 4.68 Å². The molecule has 1 aromatic carbocycles. The highest BCUT2D eigenvalue weighted by Crippen LogP contribution is 2.31. The largest absolute Gasteiger partial charge is 0.368 e. The first-order chi connectivity index (χ1) is 18.6. The molecule has 38 heavy (non-hydrogen) atoms. The third-order valence-corrected chi connectivity index (χ3v) is 8.00. The van der Waals surface area contributed by atoms with Crippen LogP contribution in [0.4, 0.5) is 17.6 Å². The molecule has 6 rings (SSSR count). The molecule has 0 aliphatic heterocycles. The summed E-state index contributed by atoms with van der Waals surface area (Å²) in [6.07, 6.45) is 9.28. The number of aromatic nitrogens is 6. The van der Waals surface area contributed by atoms with Crippen molar-refractivity contribution >= 4 is 17.6 Å². The van der Waals surface area contributed by atoms with Crippen LogP contribution in [0.2, 0.25) is 0 Å². The molecule has 3 aromatic heterocycles. The van der Waals surface area contributed by atoms with Gasteiger partial charge in [0.15, 0.2) is 5.82 Å². The Bertz CT molecular complexity index is 1440. The summed E-state index contributed by atoms with van der Waals surface area (Å²) in [5.41, 5.74) is 14.2. The second kappa shape index (κ2) is 10.5. The number of anilines is 3. The van der Waals surface area contributed by atoms with Crippen molar-refractivity contribution in [3.63, 3.8) is 0 Å². The number of nitrogen functional groups attached to an aromatic ring is 1. The van der Waals surface area contributed by atoms with Crippen molar-refractivity contribution in [2.75, 3.05) is 24.1 Å². The lowest BCUT2D eigenvalue weighted by atomic mass is 10.0. The van der Waals surface area contributed by atoms with Gasteiger partial charge in [-0.25, -0.2) is 0 Å². The van der Waals surface area contributed by atoms with Crippen molar-refractivity contribution in [2.24, 2.45) is 0 Å². The minimum atomic E-state index is 0.272. The number of pyridine rings is 1. The van der Waals surface area contributed by atoms with E-state index in [0.29, 0.717) is 17.8 Å². The zero-order chi connectivity index (χ0) is 26.1. The van der Waals surface area contributed by atoms with Crippen LogP contribution in [0, 0.1) is 0 Å². The summed E-state index contributed by atoms with van der Waals surface area (Å²) in [5.74, 6) is 1.29. The van der Waals surface area contributed by atoms with Gasteiger partial charge in [-0.05, 0) is 105 Å². The molecule has 0 saturated heterocycles. The molecule has 9 nitrogen and oxygen atoms in total. The van der Waals surface area contributed by atoms with Crippen molar-refractivity contribution in [1.29, 1.82) is 0 Å². The Hall–Kier alpha value is -3.85. The van der Waals surface area contributed by atoms with Gasteiger partial charge in [0.25, 0.3) is 0 Å². The van der Waals surface area contributed by atoms with E-state index in [9.17, 15) is 0 Å². The fraction of sp³-hybridized carbons (Fsp3) is 0.414. The molecule has 0 unspecified atom stereocenters. The summed E-state index contributed by atoms with van der Waals surface area (Å²) < 4.78 is 1.56. The Balaban J connectivity index is 1.22. The third-order valence-electron chi connectivity index (χ3n) is 8.00. The Morgan fingerprint density at radius 2 is 1.82 bits per heavy atom. The molecule has 3 heterocycles. The highest BCUT2D eigenvalue weighted by atomic mass is 15.4. The van der Waals surface area contributed by atoms with Crippen LogP contribution in [-0.2, 0) is 25.7 Å². The molecule has 1 atom stereocenters. The number of fused-ring (bicyclic) bond motifs is 4. The average molecular weight is 510 g/mol. The Kier molecular flexibility index (Phi) is 6.76. The number of nitrogens with two attached hydrogens (primary N) is 1. The Morgan fingerprint density at radius 1 is 0.974 bits per heavy atom. The summed E-state index contributed by atoms with van der Waals surface area (Å²) in [6, 6.07) is 13.3. The van der Waals surface area contributed by atoms with Crippen LogP contribution < -0.4 is 11.1 Å². The third kappa shape index (κ3) is 4.74. The van der Waals surface area contributed by atoms with Crippen LogP contribution in [0.15, 0.2) is 42.6 Å². The lowest BCUT2D eigenvalue weighted by Crippen LogP contribution is -2.35. The van der Waals surface area contributed by atoms with E-state index in [-0.39, 0.29) is 5.95 Å². The predicted molar refractivity (Wildman–Crippen MR) is 150 cm³/mol. The predicted octanol–water partition coefficient (Wildman–Crippen LogP) is 4.52. The smallest absolute Gasteiger partial charge is 0.248 e. The van der Waals surface area contributed by atoms with Crippen molar-refractivity contribution in [2.45, 2.75) is 64.8 Å². The van der Waals surface area contributed by atoms with Gasteiger partial charge in [0, 0.05) is 29.2 Å². The molecule has 9 heteroatoms. The maximum Gasteiger partial charge on any atom is 0.248 e. The first-order valence-electron chi connectivity index (χ1n) is 13.8. The number of rotatable bonds is 6. The zero-order valence-electron chi connectivity index (χ0n) is 22.2. The summed E-state index contributed by atoms with van der Waals surface area (Å²) in [5, 5.41) is 17.0. The van der Waals surface area contributed by atoms with E-state index >= 15 is 0 Å². The van der Waals surface area contributed by atoms with Crippen LogP contribution in [0.3, 0.4) is 0 Å². The molecule has 2 aliphatic rings. The zero-order valence-corrected chi connectivity index (χ0v) is 22.2. The van der Waals surface area contributed by atoms with Crippen molar-refractivity contribution in [3.05, 3.63) is 65.0 Å². The topological polar surface area (TPSA) is 111 Å². The molecule has 0 fully saturated rings. The Labute approximate surface area is 223 Å². The van der Waals surface area contributed by atoms with Crippen LogP contribution in [0.25, 0.3) is 17.1 Å². The molecule has 0 bridgehead atoms. The number of nitrogens with one attached hydrogen (secondary N) is 1. The first kappa shape index (κ1) is 24.5. The minimum Gasteiger partial charge on any atom is -0.368 e. The molecule has 2 aliphatic carbocycles. The minimum absolute atomic E-state index is 0.272. The molecule has 4 aromatic rings. The Morgan fingerprint density at radius 3 is 2.66 bits per heavy atom. The highest BCUT2D eigenvalue weighted by Gasteiger charge is 2.22.